The molecule has 8 nitrogen and oxygen atoms in total. The van der Waals surface area contributed by atoms with Crippen LogP contribution in [0.4, 0.5) is 5.69 Å². The molecule has 1 fully saturated rings. The molecular weight excluding hydrogens is 458 g/mol. The summed E-state index contributed by atoms with van der Waals surface area (Å²) < 4.78 is 11.5. The van der Waals surface area contributed by atoms with Crippen LogP contribution in [0.15, 0.2) is 53.5 Å². The van der Waals surface area contributed by atoms with Gasteiger partial charge in [-0.25, -0.2) is 0 Å². The average Bonchev–Trinajstić information content (AvgIpc) is 3.33. The number of methoxy groups -OCH3 is 1. The zero-order valence-corrected chi connectivity index (χ0v) is 19.9. The summed E-state index contributed by atoms with van der Waals surface area (Å²) in [5, 5.41) is 1.60. The minimum atomic E-state index is -0.291. The highest BCUT2D eigenvalue weighted by atomic mass is 16.5. The number of fused-ring (bicyclic) bond motifs is 2. The molecule has 0 unspecified atom stereocenters. The Hall–Kier alpha value is -4.20. The minimum Gasteiger partial charge on any atom is -0.493 e. The second-order valence-corrected chi connectivity index (χ2v) is 9.18. The summed E-state index contributed by atoms with van der Waals surface area (Å²) in [5.41, 5.74) is 2.13. The van der Waals surface area contributed by atoms with Crippen LogP contribution in [-0.2, 0) is 0 Å². The summed E-state index contributed by atoms with van der Waals surface area (Å²) in [6.45, 7) is 1.20. The van der Waals surface area contributed by atoms with Gasteiger partial charge in [-0.3, -0.25) is 24.3 Å². The maximum atomic E-state index is 13.1. The molecule has 0 aromatic heterocycles. The van der Waals surface area contributed by atoms with Gasteiger partial charge in [0.25, 0.3) is 17.7 Å². The third-order valence-electron chi connectivity index (χ3n) is 7.10. The first-order chi connectivity index (χ1) is 17.6. The molecular formula is C28H25N3O5. The van der Waals surface area contributed by atoms with Crippen LogP contribution in [0.5, 0.6) is 11.5 Å². The molecule has 0 saturated carbocycles. The van der Waals surface area contributed by atoms with Crippen LogP contribution in [0.1, 0.15) is 50.3 Å². The van der Waals surface area contributed by atoms with Gasteiger partial charge in [0.1, 0.15) is 0 Å². The predicted octanol–water partition coefficient (Wildman–Crippen LogP) is 4.23. The van der Waals surface area contributed by atoms with Crippen molar-refractivity contribution in [1.82, 2.24) is 9.80 Å². The van der Waals surface area contributed by atoms with E-state index in [4.69, 9.17) is 9.47 Å². The first-order valence-electron chi connectivity index (χ1n) is 12.1. The van der Waals surface area contributed by atoms with Gasteiger partial charge in [0, 0.05) is 41.9 Å². The lowest BCUT2D eigenvalue weighted by atomic mass is 9.94. The second kappa shape index (κ2) is 8.78. The number of amides is 3. The van der Waals surface area contributed by atoms with Crippen molar-refractivity contribution in [3.05, 3.63) is 65.2 Å². The lowest BCUT2D eigenvalue weighted by Crippen LogP contribution is -2.41. The molecule has 0 radical (unpaired) electrons. The third kappa shape index (κ3) is 3.52. The number of hydrogen-bond acceptors (Lipinski definition) is 6. The summed E-state index contributed by atoms with van der Waals surface area (Å²) in [4.78, 5) is 46.9. The van der Waals surface area contributed by atoms with Gasteiger partial charge in [-0.15, -0.1) is 0 Å². The number of nitrogens with zero attached hydrogens (tertiary/aromatic N) is 3. The van der Waals surface area contributed by atoms with Crippen molar-refractivity contribution in [1.29, 1.82) is 0 Å². The second-order valence-electron chi connectivity index (χ2n) is 9.18. The summed E-state index contributed by atoms with van der Waals surface area (Å²) >= 11 is 0. The zero-order valence-electron chi connectivity index (χ0n) is 19.9. The number of ether oxygens (including phenoxy) is 2. The molecule has 36 heavy (non-hydrogen) atoms. The highest BCUT2D eigenvalue weighted by molar-refractivity contribution is 6.25. The van der Waals surface area contributed by atoms with E-state index in [0.29, 0.717) is 45.7 Å². The summed E-state index contributed by atoms with van der Waals surface area (Å²) in [6, 6.07) is 14.4. The number of carbonyl (C=O) groups excluding carboxylic acids is 3. The molecule has 0 N–H and O–H groups in total. The van der Waals surface area contributed by atoms with Crippen LogP contribution in [0, 0.1) is 0 Å². The van der Waals surface area contributed by atoms with E-state index in [1.807, 2.05) is 35.4 Å². The Morgan fingerprint density at radius 3 is 2.42 bits per heavy atom. The van der Waals surface area contributed by atoms with Gasteiger partial charge in [0.2, 0.25) is 0 Å². The van der Waals surface area contributed by atoms with Gasteiger partial charge in [-0.05, 0) is 42.8 Å². The third-order valence-corrected chi connectivity index (χ3v) is 7.10. The number of carbonyl (C=O) groups is 3. The first kappa shape index (κ1) is 22.3. The molecule has 3 aliphatic heterocycles. The molecule has 3 heterocycles. The number of aliphatic imine (C=N–C) groups is 1. The maximum absolute atomic E-state index is 13.1. The standard InChI is InChI=1S/C28H25N3O5/c1-35-23-14-21-22(29-16-18-8-4-11-30(18)28(21)34)15-24(23)36-13-5-12-31-26(32)19-9-2-6-17-7-3-10-20(25(17)19)27(31)33/h2-3,6-7,9-10,14-16,18H,4-5,8,11-13H2,1H3/t18-/m0/s1. The lowest BCUT2D eigenvalue weighted by molar-refractivity contribution is 0.0602. The molecule has 3 aromatic rings. The van der Waals surface area contributed by atoms with Crippen LogP contribution in [0.2, 0.25) is 0 Å². The van der Waals surface area contributed by atoms with Gasteiger partial charge in [-0.2, -0.15) is 0 Å². The van der Waals surface area contributed by atoms with Crippen LogP contribution in [-0.4, -0.2) is 66.6 Å². The van der Waals surface area contributed by atoms with Gasteiger partial charge in [0.05, 0.1) is 31.0 Å². The van der Waals surface area contributed by atoms with E-state index in [2.05, 4.69) is 4.99 Å². The highest BCUT2D eigenvalue weighted by Gasteiger charge is 2.33. The Labute approximate surface area is 208 Å². The van der Waals surface area contributed by atoms with Crippen molar-refractivity contribution in [2.45, 2.75) is 25.3 Å². The van der Waals surface area contributed by atoms with Crippen molar-refractivity contribution in [2.24, 2.45) is 4.99 Å². The molecule has 6 rings (SSSR count). The lowest BCUT2D eigenvalue weighted by Gasteiger charge is -2.27. The number of benzene rings is 3. The van der Waals surface area contributed by atoms with Crippen LogP contribution < -0.4 is 9.47 Å². The summed E-state index contributed by atoms with van der Waals surface area (Å²) in [6.07, 6.45) is 4.16. The first-order valence-corrected chi connectivity index (χ1v) is 12.1. The zero-order chi connectivity index (χ0) is 24.8. The Morgan fingerprint density at radius 1 is 0.944 bits per heavy atom. The Balaban J connectivity index is 1.17. The van der Waals surface area contributed by atoms with Crippen LogP contribution in [0.25, 0.3) is 10.8 Å². The maximum Gasteiger partial charge on any atom is 0.261 e. The number of hydrogen-bond donors (Lipinski definition) is 0. The average molecular weight is 484 g/mol. The largest absolute Gasteiger partial charge is 0.493 e. The smallest absolute Gasteiger partial charge is 0.261 e. The van der Waals surface area contributed by atoms with E-state index in [9.17, 15) is 14.4 Å². The Bertz CT molecular complexity index is 1400. The van der Waals surface area contributed by atoms with Gasteiger partial charge >= 0.3 is 0 Å². The minimum absolute atomic E-state index is 0.0239. The van der Waals surface area contributed by atoms with Crippen molar-refractivity contribution in [3.8, 4) is 11.5 Å². The topological polar surface area (TPSA) is 88.5 Å². The molecule has 0 aliphatic carbocycles. The number of rotatable bonds is 6. The summed E-state index contributed by atoms with van der Waals surface area (Å²) in [5.74, 6) is 0.281. The molecule has 1 atom stereocenters. The normalized spacial score (nSPS) is 18.4. The molecule has 1 saturated heterocycles. The fourth-order valence-corrected chi connectivity index (χ4v) is 5.31. The molecule has 0 spiro atoms. The molecule has 3 aromatic carbocycles. The van der Waals surface area contributed by atoms with E-state index >= 15 is 0 Å². The Morgan fingerprint density at radius 2 is 1.69 bits per heavy atom. The van der Waals surface area contributed by atoms with Crippen molar-refractivity contribution in [3.63, 3.8) is 0 Å². The van der Waals surface area contributed by atoms with Crippen LogP contribution in [0.3, 0.4) is 0 Å². The van der Waals surface area contributed by atoms with E-state index < -0.39 is 0 Å². The Kier molecular flexibility index (Phi) is 5.44. The van der Waals surface area contributed by atoms with Crippen LogP contribution >= 0.6 is 0 Å². The molecule has 3 aliphatic rings. The quantitative estimate of drug-likeness (QED) is 0.387. The van der Waals surface area contributed by atoms with E-state index in [0.717, 1.165) is 24.8 Å². The van der Waals surface area contributed by atoms with E-state index in [-0.39, 0.29) is 36.9 Å². The van der Waals surface area contributed by atoms with Gasteiger partial charge in [0.15, 0.2) is 11.5 Å². The van der Waals surface area contributed by atoms with Crippen molar-refractivity contribution < 1.29 is 23.9 Å². The molecule has 0 bridgehead atoms. The van der Waals surface area contributed by atoms with E-state index in [1.165, 1.54) is 12.0 Å². The van der Waals surface area contributed by atoms with Gasteiger partial charge in [-0.1, -0.05) is 24.3 Å². The molecule has 3 amide bonds. The fraction of sp³-hybridized carbons (Fsp3) is 0.286. The molecule has 182 valence electrons. The van der Waals surface area contributed by atoms with Gasteiger partial charge < -0.3 is 14.4 Å². The highest BCUT2D eigenvalue weighted by Crippen LogP contribution is 2.38. The number of imide groups is 1. The SMILES string of the molecule is COc1cc2c(cc1OCCCN1C(=O)c3cccc4cccc(c34)C1=O)N=C[C@@H]1CCCN1C2=O. The molecule has 8 heteroatoms. The van der Waals surface area contributed by atoms with Crippen molar-refractivity contribution >= 4 is 40.4 Å². The monoisotopic (exact) mass is 483 g/mol. The predicted molar refractivity (Wildman–Crippen MR) is 135 cm³/mol. The van der Waals surface area contributed by atoms with E-state index in [1.54, 1.807) is 24.3 Å². The summed E-state index contributed by atoms with van der Waals surface area (Å²) in [7, 11) is 1.53. The fourth-order valence-electron chi connectivity index (χ4n) is 5.31. The van der Waals surface area contributed by atoms with Crippen molar-refractivity contribution in [2.75, 3.05) is 26.8 Å².